The minimum atomic E-state index is -0.702. The molecule has 0 amide bonds. The van der Waals surface area contributed by atoms with Gasteiger partial charge in [0.1, 0.15) is 12.4 Å². The van der Waals surface area contributed by atoms with Crippen molar-refractivity contribution in [3.63, 3.8) is 0 Å². The Morgan fingerprint density at radius 3 is 2.54 bits per heavy atom. The first-order valence-electron chi connectivity index (χ1n) is 12.6. The molecule has 1 aliphatic heterocycles. The fraction of sp³-hybridized carbons (Fsp3) is 0.161. The monoisotopic (exact) mass is 603 g/mol. The highest BCUT2D eigenvalue weighted by atomic mass is 35.5. The van der Waals surface area contributed by atoms with Crippen LogP contribution in [0.3, 0.4) is 0 Å². The Hall–Kier alpha value is -4.16. The van der Waals surface area contributed by atoms with Crippen molar-refractivity contribution in [2.24, 2.45) is 4.99 Å². The van der Waals surface area contributed by atoms with Crippen LogP contribution in [0.15, 0.2) is 87.8 Å². The smallest absolute Gasteiger partial charge is 0.338 e. The van der Waals surface area contributed by atoms with Crippen LogP contribution in [-0.2, 0) is 16.1 Å². The molecule has 0 saturated heterocycles. The topological polar surface area (TPSA) is 93.7 Å². The van der Waals surface area contributed by atoms with Crippen LogP contribution in [0.4, 0.5) is 0 Å². The number of rotatable bonds is 7. The van der Waals surface area contributed by atoms with Crippen LogP contribution >= 0.6 is 34.5 Å². The Balaban J connectivity index is 1.64. The molecular formula is C31H23Cl2N3O4S. The third-order valence-corrected chi connectivity index (χ3v) is 8.04. The molecule has 0 unspecified atom stereocenters. The lowest BCUT2D eigenvalue weighted by atomic mass is 9.95. The number of benzene rings is 3. The fourth-order valence-corrected chi connectivity index (χ4v) is 6.20. The highest BCUT2D eigenvalue weighted by molar-refractivity contribution is 7.07. The van der Waals surface area contributed by atoms with Crippen molar-refractivity contribution < 1.29 is 14.3 Å². The Morgan fingerprint density at radius 2 is 1.88 bits per heavy atom. The fourth-order valence-electron chi connectivity index (χ4n) is 4.63. The lowest BCUT2D eigenvalue weighted by Gasteiger charge is -2.25. The molecule has 3 aromatic carbocycles. The molecule has 41 heavy (non-hydrogen) atoms. The molecule has 7 nitrogen and oxygen atoms in total. The average Bonchev–Trinajstić information content (AvgIpc) is 3.30. The first-order valence-corrected chi connectivity index (χ1v) is 14.2. The van der Waals surface area contributed by atoms with Crippen LogP contribution in [0.1, 0.15) is 41.6 Å². The zero-order valence-electron chi connectivity index (χ0n) is 22.1. The zero-order valence-corrected chi connectivity index (χ0v) is 24.4. The number of halogens is 2. The zero-order chi connectivity index (χ0) is 29.1. The molecule has 4 aromatic rings. The molecule has 0 saturated carbocycles. The number of methoxy groups -OCH3 is 1. The van der Waals surface area contributed by atoms with Crippen molar-refractivity contribution in [1.29, 1.82) is 5.26 Å². The molecule has 1 aliphatic rings. The number of fused-ring (bicyclic) bond motifs is 1. The summed E-state index contributed by atoms with van der Waals surface area (Å²) in [6, 6.07) is 21.0. The van der Waals surface area contributed by atoms with Crippen LogP contribution < -0.4 is 19.6 Å². The Morgan fingerprint density at radius 1 is 1.15 bits per heavy atom. The Labute approximate surface area is 249 Å². The molecule has 0 radical (unpaired) electrons. The van der Waals surface area contributed by atoms with E-state index in [2.05, 4.69) is 6.07 Å². The van der Waals surface area contributed by atoms with Gasteiger partial charge in [0.2, 0.25) is 0 Å². The first kappa shape index (κ1) is 28.4. The molecular weight excluding hydrogens is 581 g/mol. The molecule has 2 heterocycles. The van der Waals surface area contributed by atoms with Gasteiger partial charge in [-0.25, -0.2) is 9.79 Å². The van der Waals surface area contributed by atoms with E-state index < -0.39 is 12.0 Å². The van der Waals surface area contributed by atoms with Gasteiger partial charge in [-0.2, -0.15) is 5.26 Å². The predicted octanol–water partition coefficient (Wildman–Crippen LogP) is 5.56. The van der Waals surface area contributed by atoms with Crippen molar-refractivity contribution in [3.05, 3.63) is 130 Å². The van der Waals surface area contributed by atoms with E-state index in [1.54, 1.807) is 42.5 Å². The van der Waals surface area contributed by atoms with Gasteiger partial charge in [-0.3, -0.25) is 9.36 Å². The van der Waals surface area contributed by atoms with Gasteiger partial charge in [-0.1, -0.05) is 83.9 Å². The quantitative estimate of drug-likeness (QED) is 0.258. The number of esters is 1. The molecule has 0 aliphatic carbocycles. The van der Waals surface area contributed by atoms with Crippen LogP contribution in [0.25, 0.3) is 6.08 Å². The summed E-state index contributed by atoms with van der Waals surface area (Å²) in [6.07, 6.45) is 2.15. The Kier molecular flexibility index (Phi) is 8.41. The molecule has 206 valence electrons. The Bertz CT molecular complexity index is 1890. The maximum atomic E-state index is 13.9. The number of nitriles is 1. The highest BCUT2D eigenvalue weighted by Gasteiger charge is 2.33. The summed E-state index contributed by atoms with van der Waals surface area (Å²) in [7, 11) is 1.32. The van der Waals surface area contributed by atoms with Gasteiger partial charge < -0.3 is 9.47 Å². The van der Waals surface area contributed by atoms with E-state index in [4.69, 9.17) is 42.9 Å². The van der Waals surface area contributed by atoms with Gasteiger partial charge in [0.15, 0.2) is 4.80 Å². The summed E-state index contributed by atoms with van der Waals surface area (Å²) in [5.74, 6) is -0.177. The minimum Gasteiger partial charge on any atom is -0.487 e. The second kappa shape index (κ2) is 12.1. The number of aromatic nitrogens is 1. The molecule has 0 N–H and O–H groups in total. The molecule has 10 heteroatoms. The molecule has 5 rings (SSSR count). The molecule has 1 atom stereocenters. The van der Waals surface area contributed by atoms with Crippen molar-refractivity contribution in [2.75, 3.05) is 7.11 Å². The molecule has 1 aromatic heterocycles. The number of thiazole rings is 1. The second-order valence-corrected chi connectivity index (χ2v) is 11.0. The van der Waals surface area contributed by atoms with Gasteiger partial charge in [0.25, 0.3) is 5.56 Å². The number of carbonyl (C=O) groups excluding carboxylic acids is 1. The van der Waals surface area contributed by atoms with Crippen molar-refractivity contribution in [1.82, 2.24) is 4.57 Å². The van der Waals surface area contributed by atoms with E-state index in [0.717, 1.165) is 11.1 Å². The summed E-state index contributed by atoms with van der Waals surface area (Å²) in [4.78, 5) is 32.1. The van der Waals surface area contributed by atoms with E-state index in [-0.39, 0.29) is 17.2 Å². The number of ether oxygens (including phenoxy) is 2. The molecule has 0 fully saturated rings. The standard InChI is InChI=1S/C31H23Cl2N3O4S/c1-3-24-26(30(38)39-2)27(20-7-5-4-6-8-20)36-29(37)25(41-31(36)35-24)14-21-13-22(32)15-23(33)28(21)40-17-19-11-9-18(16-34)10-12-19/h4-15,27H,3,17H2,1-2H3/b25-14+/t27-/m0/s1. The maximum absolute atomic E-state index is 13.9. The normalized spacial score (nSPS) is 14.7. The van der Waals surface area contributed by atoms with E-state index in [1.807, 2.05) is 37.3 Å². The van der Waals surface area contributed by atoms with E-state index in [9.17, 15) is 9.59 Å². The summed E-state index contributed by atoms with van der Waals surface area (Å²) < 4.78 is 13.1. The van der Waals surface area contributed by atoms with Crippen molar-refractivity contribution >= 4 is 46.6 Å². The predicted molar refractivity (Wildman–Crippen MR) is 159 cm³/mol. The van der Waals surface area contributed by atoms with Gasteiger partial charge in [-0.05, 0) is 47.9 Å². The largest absolute Gasteiger partial charge is 0.487 e. The summed E-state index contributed by atoms with van der Waals surface area (Å²) in [5, 5.41) is 9.71. The first-order chi connectivity index (χ1) is 19.8. The van der Waals surface area contributed by atoms with E-state index in [0.29, 0.717) is 48.9 Å². The van der Waals surface area contributed by atoms with E-state index >= 15 is 0 Å². The van der Waals surface area contributed by atoms with Crippen LogP contribution in [0.5, 0.6) is 5.75 Å². The van der Waals surface area contributed by atoms with Crippen molar-refractivity contribution in [3.8, 4) is 11.8 Å². The lowest BCUT2D eigenvalue weighted by Crippen LogP contribution is -2.40. The number of carbonyl (C=O) groups is 1. The maximum Gasteiger partial charge on any atom is 0.338 e. The summed E-state index contributed by atoms with van der Waals surface area (Å²) in [5.41, 5.74) is 3.23. The van der Waals surface area contributed by atoms with Crippen LogP contribution in [-0.4, -0.2) is 17.6 Å². The lowest BCUT2D eigenvalue weighted by molar-refractivity contribution is -0.136. The average molecular weight is 605 g/mol. The van der Waals surface area contributed by atoms with Gasteiger partial charge in [0, 0.05) is 10.6 Å². The third kappa shape index (κ3) is 5.70. The van der Waals surface area contributed by atoms with Gasteiger partial charge in [-0.15, -0.1) is 0 Å². The van der Waals surface area contributed by atoms with Gasteiger partial charge in [0.05, 0.1) is 45.6 Å². The second-order valence-electron chi connectivity index (χ2n) is 9.10. The van der Waals surface area contributed by atoms with Crippen LogP contribution in [0.2, 0.25) is 10.0 Å². The minimum absolute atomic E-state index is 0.186. The number of hydrogen-bond donors (Lipinski definition) is 0. The van der Waals surface area contributed by atoms with Gasteiger partial charge >= 0.3 is 5.97 Å². The molecule has 0 bridgehead atoms. The number of allylic oxidation sites excluding steroid dienone is 1. The van der Waals surface area contributed by atoms with E-state index in [1.165, 1.54) is 23.0 Å². The van der Waals surface area contributed by atoms with Crippen LogP contribution in [0, 0.1) is 11.3 Å². The third-order valence-electron chi connectivity index (χ3n) is 6.56. The number of nitrogens with zero attached hydrogens (tertiary/aromatic N) is 3. The SMILES string of the molecule is CCC1=C(C(=O)OC)[C@H](c2ccccc2)n2c(s/c(=C/c3cc(Cl)cc(Cl)c3OCc3ccc(C#N)cc3)c2=O)=N1. The summed E-state index contributed by atoms with van der Waals surface area (Å²) >= 11 is 14.1. The van der Waals surface area contributed by atoms with Crippen molar-refractivity contribution in [2.45, 2.75) is 26.0 Å². The highest BCUT2D eigenvalue weighted by Crippen LogP contribution is 2.34. The molecule has 0 spiro atoms. The summed E-state index contributed by atoms with van der Waals surface area (Å²) in [6.45, 7) is 2.09. The number of hydrogen-bond acceptors (Lipinski definition) is 7.